The number of nitrogens with one attached hydrogen (secondary N) is 1. The van der Waals surface area contributed by atoms with Crippen LogP contribution in [0.25, 0.3) is 0 Å². The Bertz CT molecular complexity index is 219. The second kappa shape index (κ2) is 3.69. The quantitative estimate of drug-likeness (QED) is 0.692. The highest BCUT2D eigenvalue weighted by molar-refractivity contribution is 4.89. The average Bonchev–Trinajstić information content (AvgIpc) is 2.53. The molecular weight excluding hydrogens is 156 g/mol. The number of aromatic nitrogens is 1. The maximum atomic E-state index is 8.91. The predicted molar refractivity (Wildman–Crippen MR) is 44.5 cm³/mol. The van der Waals surface area contributed by atoms with Crippen molar-refractivity contribution in [3.8, 4) is 0 Å². The van der Waals surface area contributed by atoms with Crippen molar-refractivity contribution in [2.24, 2.45) is 0 Å². The average molecular weight is 170 g/mol. The maximum Gasteiger partial charge on any atom is 0.180 e. The summed E-state index contributed by atoms with van der Waals surface area (Å²) in [6.07, 6.45) is 3.05. The number of nitrogens with zero attached hydrogens (tertiary/aromatic N) is 1. The molecule has 0 aliphatic carbocycles. The van der Waals surface area contributed by atoms with Crippen molar-refractivity contribution in [1.29, 1.82) is 0 Å². The van der Waals surface area contributed by atoms with Gasteiger partial charge in [0.05, 0.1) is 19.3 Å². The summed E-state index contributed by atoms with van der Waals surface area (Å²) < 4.78 is 5.02. The van der Waals surface area contributed by atoms with Crippen LogP contribution in [-0.4, -0.2) is 22.2 Å². The van der Waals surface area contributed by atoms with Gasteiger partial charge in [-0.05, 0) is 13.8 Å². The van der Waals surface area contributed by atoms with Crippen molar-refractivity contribution in [3.05, 3.63) is 18.4 Å². The van der Waals surface area contributed by atoms with Crippen LogP contribution in [-0.2, 0) is 6.54 Å². The van der Waals surface area contributed by atoms with E-state index < -0.39 is 0 Å². The lowest BCUT2D eigenvalue weighted by atomic mass is 10.1. The van der Waals surface area contributed by atoms with E-state index in [0.29, 0.717) is 6.54 Å². The second-order valence-corrected chi connectivity index (χ2v) is 3.36. The smallest absolute Gasteiger partial charge is 0.180 e. The molecule has 0 saturated carbocycles. The Labute approximate surface area is 71.6 Å². The van der Waals surface area contributed by atoms with Gasteiger partial charge in [0.15, 0.2) is 6.39 Å². The molecule has 0 fully saturated rings. The van der Waals surface area contributed by atoms with Crippen molar-refractivity contribution < 1.29 is 9.52 Å². The van der Waals surface area contributed by atoms with Crippen molar-refractivity contribution in [2.75, 3.05) is 6.61 Å². The van der Waals surface area contributed by atoms with E-state index in [0.717, 1.165) is 5.76 Å². The van der Waals surface area contributed by atoms with E-state index in [9.17, 15) is 0 Å². The van der Waals surface area contributed by atoms with Crippen molar-refractivity contribution in [3.63, 3.8) is 0 Å². The molecular formula is C8H14N2O2. The number of rotatable bonds is 4. The van der Waals surface area contributed by atoms with Crippen LogP contribution in [0.5, 0.6) is 0 Å². The molecule has 4 nitrogen and oxygen atoms in total. The second-order valence-electron chi connectivity index (χ2n) is 3.36. The normalized spacial score (nSPS) is 11.9. The SMILES string of the molecule is CC(C)(CO)NCc1cnco1. The monoisotopic (exact) mass is 170 g/mol. The first-order valence-electron chi connectivity index (χ1n) is 3.87. The minimum absolute atomic E-state index is 0.0984. The van der Waals surface area contributed by atoms with Gasteiger partial charge in [0, 0.05) is 5.54 Å². The summed E-state index contributed by atoms with van der Waals surface area (Å²) in [6, 6.07) is 0. The predicted octanol–water partition coefficient (Wildman–Crippen LogP) is 0.535. The minimum atomic E-state index is -0.271. The van der Waals surface area contributed by atoms with Gasteiger partial charge >= 0.3 is 0 Å². The maximum absolute atomic E-state index is 8.91. The fourth-order valence-corrected chi connectivity index (χ4v) is 0.712. The third-order valence-corrected chi connectivity index (χ3v) is 1.62. The van der Waals surface area contributed by atoms with Crippen LogP contribution in [0.15, 0.2) is 17.0 Å². The molecule has 1 aromatic heterocycles. The molecule has 0 aliphatic heterocycles. The van der Waals surface area contributed by atoms with E-state index in [1.54, 1.807) is 6.20 Å². The Morgan fingerprint density at radius 3 is 2.92 bits per heavy atom. The number of hydrogen-bond donors (Lipinski definition) is 2. The van der Waals surface area contributed by atoms with Gasteiger partial charge < -0.3 is 14.8 Å². The molecule has 1 aromatic rings. The lowest BCUT2D eigenvalue weighted by molar-refractivity contribution is 0.184. The number of aliphatic hydroxyl groups is 1. The van der Waals surface area contributed by atoms with E-state index >= 15 is 0 Å². The van der Waals surface area contributed by atoms with Crippen LogP contribution >= 0.6 is 0 Å². The van der Waals surface area contributed by atoms with Gasteiger partial charge in [-0.2, -0.15) is 0 Å². The summed E-state index contributed by atoms with van der Waals surface area (Å²) in [5, 5.41) is 12.0. The Kier molecular flexibility index (Phi) is 2.83. The highest BCUT2D eigenvalue weighted by Crippen LogP contribution is 2.03. The zero-order valence-electron chi connectivity index (χ0n) is 7.37. The molecule has 68 valence electrons. The highest BCUT2D eigenvalue weighted by atomic mass is 16.3. The summed E-state index contributed by atoms with van der Waals surface area (Å²) >= 11 is 0. The summed E-state index contributed by atoms with van der Waals surface area (Å²) in [4.78, 5) is 3.78. The van der Waals surface area contributed by atoms with Gasteiger partial charge in [-0.25, -0.2) is 4.98 Å². The number of hydrogen-bond acceptors (Lipinski definition) is 4. The molecule has 0 aromatic carbocycles. The third-order valence-electron chi connectivity index (χ3n) is 1.62. The first kappa shape index (κ1) is 9.22. The van der Waals surface area contributed by atoms with Gasteiger partial charge in [-0.15, -0.1) is 0 Å². The number of aliphatic hydroxyl groups excluding tert-OH is 1. The van der Waals surface area contributed by atoms with E-state index in [1.165, 1.54) is 6.39 Å². The fraction of sp³-hybridized carbons (Fsp3) is 0.625. The Hall–Kier alpha value is -0.870. The third kappa shape index (κ3) is 2.64. The van der Waals surface area contributed by atoms with E-state index in [4.69, 9.17) is 9.52 Å². The molecule has 0 spiro atoms. The van der Waals surface area contributed by atoms with Crippen LogP contribution in [0.2, 0.25) is 0 Å². The van der Waals surface area contributed by atoms with Gasteiger partial charge in [0.2, 0.25) is 0 Å². The molecule has 0 atom stereocenters. The van der Waals surface area contributed by atoms with Crippen LogP contribution in [0, 0.1) is 0 Å². The largest absolute Gasteiger partial charge is 0.447 e. The summed E-state index contributed by atoms with van der Waals surface area (Å²) in [6.45, 7) is 4.53. The van der Waals surface area contributed by atoms with Crippen LogP contribution < -0.4 is 5.32 Å². The number of oxazole rings is 1. The van der Waals surface area contributed by atoms with Crippen molar-refractivity contribution >= 4 is 0 Å². The van der Waals surface area contributed by atoms with Gasteiger partial charge in [-0.3, -0.25) is 0 Å². The summed E-state index contributed by atoms with van der Waals surface area (Å²) in [5.41, 5.74) is -0.271. The fourth-order valence-electron chi connectivity index (χ4n) is 0.712. The van der Waals surface area contributed by atoms with Crippen LogP contribution in [0.1, 0.15) is 19.6 Å². The summed E-state index contributed by atoms with van der Waals surface area (Å²) in [5.74, 6) is 0.775. The highest BCUT2D eigenvalue weighted by Gasteiger charge is 2.15. The molecule has 0 radical (unpaired) electrons. The molecule has 1 rings (SSSR count). The molecule has 0 amide bonds. The van der Waals surface area contributed by atoms with Gasteiger partial charge in [0.25, 0.3) is 0 Å². The Balaban J connectivity index is 2.36. The molecule has 4 heteroatoms. The van der Waals surface area contributed by atoms with Crippen LogP contribution in [0.3, 0.4) is 0 Å². The molecule has 0 aliphatic rings. The topological polar surface area (TPSA) is 58.3 Å². The Morgan fingerprint density at radius 2 is 2.42 bits per heavy atom. The van der Waals surface area contributed by atoms with E-state index in [1.807, 2.05) is 13.8 Å². The zero-order chi connectivity index (χ0) is 9.03. The molecule has 1 heterocycles. The van der Waals surface area contributed by atoms with Crippen molar-refractivity contribution in [1.82, 2.24) is 10.3 Å². The van der Waals surface area contributed by atoms with E-state index in [-0.39, 0.29) is 12.1 Å². The standard InChI is InChI=1S/C8H14N2O2/c1-8(2,5-11)10-4-7-3-9-6-12-7/h3,6,10-11H,4-5H2,1-2H3. The van der Waals surface area contributed by atoms with Gasteiger partial charge in [-0.1, -0.05) is 0 Å². The summed E-state index contributed by atoms with van der Waals surface area (Å²) in [7, 11) is 0. The lowest BCUT2D eigenvalue weighted by Crippen LogP contribution is -2.41. The lowest BCUT2D eigenvalue weighted by Gasteiger charge is -2.22. The molecule has 0 saturated heterocycles. The van der Waals surface area contributed by atoms with E-state index in [2.05, 4.69) is 10.3 Å². The van der Waals surface area contributed by atoms with Crippen molar-refractivity contribution in [2.45, 2.75) is 25.9 Å². The first-order valence-corrected chi connectivity index (χ1v) is 3.87. The molecule has 0 unspecified atom stereocenters. The van der Waals surface area contributed by atoms with Crippen LogP contribution in [0.4, 0.5) is 0 Å². The molecule has 2 N–H and O–H groups in total. The first-order chi connectivity index (χ1) is 5.64. The molecule has 0 bridgehead atoms. The Morgan fingerprint density at radius 1 is 1.67 bits per heavy atom. The zero-order valence-corrected chi connectivity index (χ0v) is 7.37. The van der Waals surface area contributed by atoms with Gasteiger partial charge in [0.1, 0.15) is 5.76 Å². The molecule has 12 heavy (non-hydrogen) atoms. The minimum Gasteiger partial charge on any atom is -0.447 e.